The third kappa shape index (κ3) is 4.82. The van der Waals surface area contributed by atoms with E-state index < -0.39 is 9.84 Å². The molecular formula is C21H24N2O4S2. The summed E-state index contributed by atoms with van der Waals surface area (Å²) < 4.78 is 25.4. The maximum atomic E-state index is 12.7. The van der Waals surface area contributed by atoms with Crippen LogP contribution in [0, 0.1) is 6.92 Å². The maximum Gasteiger partial charge on any atom is 0.237 e. The van der Waals surface area contributed by atoms with Gasteiger partial charge in [-0.25, -0.2) is 8.42 Å². The van der Waals surface area contributed by atoms with Crippen molar-refractivity contribution in [2.24, 2.45) is 0 Å². The number of hydrogen-bond acceptors (Lipinski definition) is 5. The molecule has 6 nitrogen and oxygen atoms in total. The van der Waals surface area contributed by atoms with E-state index >= 15 is 0 Å². The quantitative estimate of drug-likeness (QED) is 0.724. The lowest BCUT2D eigenvalue weighted by atomic mass is 10.1. The van der Waals surface area contributed by atoms with E-state index in [1.54, 1.807) is 13.0 Å². The van der Waals surface area contributed by atoms with Gasteiger partial charge in [-0.2, -0.15) is 0 Å². The van der Waals surface area contributed by atoms with Gasteiger partial charge in [0.2, 0.25) is 11.8 Å². The van der Waals surface area contributed by atoms with Crippen molar-refractivity contribution in [3.05, 3.63) is 47.5 Å². The van der Waals surface area contributed by atoms with E-state index in [1.807, 2.05) is 32.0 Å². The minimum Gasteiger partial charge on any atom is -0.326 e. The number of carbonyl (C=O) groups excluding carboxylic acids is 2. The zero-order chi connectivity index (χ0) is 21.2. The Balaban J connectivity index is 1.70. The highest BCUT2D eigenvalue weighted by Crippen LogP contribution is 2.37. The topological polar surface area (TPSA) is 92.3 Å². The number of fused-ring (bicyclic) bond motifs is 1. The number of thioether (sulfide) groups is 1. The summed E-state index contributed by atoms with van der Waals surface area (Å²) in [4.78, 5) is 25.2. The summed E-state index contributed by atoms with van der Waals surface area (Å²) in [5.74, 6) is -0.794. The third-order valence-corrected chi connectivity index (χ3v) is 7.73. The van der Waals surface area contributed by atoms with Crippen LogP contribution in [0.2, 0.25) is 0 Å². The Kier molecular flexibility index (Phi) is 6.33. The average molecular weight is 433 g/mol. The summed E-state index contributed by atoms with van der Waals surface area (Å²) >= 11 is 1.39. The lowest BCUT2D eigenvalue weighted by Crippen LogP contribution is -2.26. The molecule has 1 atom stereocenters. The van der Waals surface area contributed by atoms with E-state index in [-0.39, 0.29) is 34.1 Å². The molecule has 0 saturated carbocycles. The van der Waals surface area contributed by atoms with Gasteiger partial charge >= 0.3 is 0 Å². The SMILES string of the molecule is CCc1cccc(C)c1NC(=O)CCS(=O)(=O)c1ccc2c(c1)NC(=O)[C@@H](C)S2. The first kappa shape index (κ1) is 21.4. The number of hydrogen-bond donors (Lipinski definition) is 2. The van der Waals surface area contributed by atoms with E-state index in [0.29, 0.717) is 5.69 Å². The predicted molar refractivity (Wildman–Crippen MR) is 116 cm³/mol. The van der Waals surface area contributed by atoms with Gasteiger partial charge in [0.15, 0.2) is 9.84 Å². The van der Waals surface area contributed by atoms with Crippen LogP contribution >= 0.6 is 11.8 Å². The Morgan fingerprint density at radius 3 is 2.72 bits per heavy atom. The molecule has 3 rings (SSSR count). The lowest BCUT2D eigenvalue weighted by molar-refractivity contribution is -0.116. The Morgan fingerprint density at radius 2 is 2.00 bits per heavy atom. The summed E-state index contributed by atoms with van der Waals surface area (Å²) in [6.07, 6.45) is 0.627. The summed E-state index contributed by atoms with van der Waals surface area (Å²) in [5.41, 5.74) is 3.20. The van der Waals surface area contributed by atoms with Crippen LogP contribution < -0.4 is 10.6 Å². The molecule has 154 valence electrons. The molecule has 2 N–H and O–H groups in total. The Morgan fingerprint density at radius 1 is 1.24 bits per heavy atom. The van der Waals surface area contributed by atoms with Crippen molar-refractivity contribution in [1.29, 1.82) is 0 Å². The van der Waals surface area contributed by atoms with Crippen LogP contribution in [0.3, 0.4) is 0 Å². The predicted octanol–water partition coefficient (Wildman–Crippen LogP) is 3.79. The minimum absolute atomic E-state index is 0.102. The van der Waals surface area contributed by atoms with Crippen LogP contribution in [0.25, 0.3) is 0 Å². The van der Waals surface area contributed by atoms with Crippen molar-refractivity contribution in [2.75, 3.05) is 16.4 Å². The first-order chi connectivity index (χ1) is 13.7. The molecule has 1 aliphatic heterocycles. The second-order valence-corrected chi connectivity index (χ2v) is 10.5. The van der Waals surface area contributed by atoms with Crippen LogP contribution in [-0.4, -0.2) is 31.2 Å². The van der Waals surface area contributed by atoms with Gasteiger partial charge in [-0.05, 0) is 49.6 Å². The molecule has 2 aromatic carbocycles. The summed E-state index contributed by atoms with van der Waals surface area (Å²) in [6, 6.07) is 10.5. The molecule has 2 aromatic rings. The van der Waals surface area contributed by atoms with Crippen LogP contribution in [-0.2, 0) is 25.8 Å². The van der Waals surface area contributed by atoms with Gasteiger partial charge in [-0.3, -0.25) is 9.59 Å². The molecule has 1 heterocycles. The summed E-state index contributed by atoms with van der Waals surface area (Å²) in [7, 11) is -3.66. The van der Waals surface area contributed by atoms with Gasteiger partial charge in [-0.1, -0.05) is 25.1 Å². The first-order valence-corrected chi connectivity index (χ1v) is 12.0. The zero-order valence-electron chi connectivity index (χ0n) is 16.6. The number of aryl methyl sites for hydroxylation is 2. The number of para-hydroxylation sites is 1. The third-order valence-electron chi connectivity index (χ3n) is 4.84. The van der Waals surface area contributed by atoms with E-state index in [2.05, 4.69) is 10.6 Å². The molecule has 1 aliphatic rings. The molecular weight excluding hydrogens is 408 g/mol. The lowest BCUT2D eigenvalue weighted by Gasteiger charge is -2.21. The molecule has 0 aromatic heterocycles. The average Bonchev–Trinajstić information content (AvgIpc) is 2.68. The molecule has 2 amide bonds. The standard InChI is InChI=1S/C21H24N2O4S2/c1-4-15-7-5-6-13(2)20(15)23-19(24)10-11-29(26,27)16-8-9-18-17(12-16)22-21(25)14(3)28-18/h5-9,12,14H,4,10-11H2,1-3H3,(H,22,25)(H,23,24)/t14-/m1/s1. The van der Waals surface area contributed by atoms with E-state index in [9.17, 15) is 18.0 Å². The summed E-state index contributed by atoms with van der Waals surface area (Å²) in [5, 5.41) is 5.37. The molecule has 29 heavy (non-hydrogen) atoms. The summed E-state index contributed by atoms with van der Waals surface area (Å²) in [6.45, 7) is 5.71. The van der Waals surface area contributed by atoms with Gasteiger partial charge in [0.05, 0.1) is 21.6 Å². The fraction of sp³-hybridized carbons (Fsp3) is 0.333. The van der Waals surface area contributed by atoms with Crippen molar-refractivity contribution < 1.29 is 18.0 Å². The van der Waals surface area contributed by atoms with Gasteiger partial charge < -0.3 is 10.6 Å². The number of rotatable bonds is 6. The fourth-order valence-electron chi connectivity index (χ4n) is 3.13. The van der Waals surface area contributed by atoms with Crippen LogP contribution in [0.15, 0.2) is 46.2 Å². The van der Waals surface area contributed by atoms with Crippen LogP contribution in [0.5, 0.6) is 0 Å². The van der Waals surface area contributed by atoms with Crippen molar-refractivity contribution in [3.8, 4) is 0 Å². The van der Waals surface area contributed by atoms with Crippen molar-refractivity contribution >= 4 is 44.8 Å². The van der Waals surface area contributed by atoms with Crippen LogP contribution in [0.4, 0.5) is 11.4 Å². The molecule has 0 spiro atoms. The zero-order valence-corrected chi connectivity index (χ0v) is 18.2. The molecule has 0 unspecified atom stereocenters. The van der Waals surface area contributed by atoms with Crippen LogP contribution in [0.1, 0.15) is 31.4 Å². The maximum absolute atomic E-state index is 12.7. The van der Waals surface area contributed by atoms with Crippen molar-refractivity contribution in [1.82, 2.24) is 0 Å². The minimum atomic E-state index is -3.66. The van der Waals surface area contributed by atoms with Gasteiger partial charge in [0.1, 0.15) is 0 Å². The smallest absolute Gasteiger partial charge is 0.237 e. The van der Waals surface area contributed by atoms with E-state index in [0.717, 1.165) is 28.1 Å². The largest absolute Gasteiger partial charge is 0.326 e. The number of sulfone groups is 1. The van der Waals surface area contributed by atoms with Gasteiger partial charge in [-0.15, -0.1) is 11.8 Å². The molecule has 8 heteroatoms. The Labute approximate surface area is 175 Å². The normalized spacial score (nSPS) is 16.1. The first-order valence-electron chi connectivity index (χ1n) is 9.44. The number of nitrogens with one attached hydrogen (secondary N) is 2. The molecule has 0 radical (unpaired) electrons. The monoisotopic (exact) mass is 432 g/mol. The van der Waals surface area contributed by atoms with Gasteiger partial charge in [0, 0.05) is 17.0 Å². The number of benzene rings is 2. The fourth-order valence-corrected chi connectivity index (χ4v) is 5.32. The highest BCUT2D eigenvalue weighted by Gasteiger charge is 2.25. The number of carbonyl (C=O) groups is 2. The molecule has 0 fully saturated rings. The Bertz CT molecular complexity index is 1060. The second-order valence-electron chi connectivity index (χ2n) is 6.99. The highest BCUT2D eigenvalue weighted by atomic mass is 32.2. The van der Waals surface area contributed by atoms with Crippen molar-refractivity contribution in [2.45, 2.75) is 48.7 Å². The number of anilines is 2. The highest BCUT2D eigenvalue weighted by molar-refractivity contribution is 8.01. The van der Waals surface area contributed by atoms with Gasteiger partial charge in [0.25, 0.3) is 0 Å². The van der Waals surface area contributed by atoms with E-state index in [4.69, 9.17) is 0 Å². The molecule has 0 bridgehead atoms. The molecule has 0 aliphatic carbocycles. The Hall–Kier alpha value is -2.32. The second kappa shape index (κ2) is 8.59. The van der Waals surface area contributed by atoms with Crippen molar-refractivity contribution in [3.63, 3.8) is 0 Å². The molecule has 0 saturated heterocycles. The number of amides is 2. The van der Waals surface area contributed by atoms with E-state index in [1.165, 1.54) is 23.9 Å².